The standard InChI is InChI=1S/C11H18F3NO3/c1-10(9(16)17,11(12,13)14)15-6-2-4-8-5-3-7-18-8/h8,15H,2-7H2,1H3,(H,16,17). The number of hydrogen-bond acceptors (Lipinski definition) is 3. The van der Waals surface area contributed by atoms with Gasteiger partial charge < -0.3 is 9.84 Å². The zero-order chi connectivity index (χ0) is 13.8. The van der Waals surface area contributed by atoms with Crippen molar-refractivity contribution >= 4 is 5.97 Å². The van der Waals surface area contributed by atoms with E-state index in [1.54, 1.807) is 0 Å². The van der Waals surface area contributed by atoms with E-state index in [-0.39, 0.29) is 12.6 Å². The number of carboxylic acid groups (broad SMARTS) is 1. The van der Waals surface area contributed by atoms with Crippen LogP contribution in [-0.4, -0.2) is 42.0 Å². The van der Waals surface area contributed by atoms with E-state index in [0.29, 0.717) is 26.4 Å². The van der Waals surface area contributed by atoms with Crippen LogP contribution in [-0.2, 0) is 9.53 Å². The number of carboxylic acids is 1. The minimum absolute atomic E-state index is 0.00215. The number of aliphatic carboxylic acids is 1. The van der Waals surface area contributed by atoms with E-state index in [1.807, 2.05) is 0 Å². The van der Waals surface area contributed by atoms with Crippen LogP contribution in [0.3, 0.4) is 0 Å². The van der Waals surface area contributed by atoms with E-state index in [1.165, 1.54) is 0 Å². The molecule has 1 aliphatic heterocycles. The Bertz CT molecular complexity index is 290. The molecule has 0 aromatic carbocycles. The largest absolute Gasteiger partial charge is 0.480 e. The van der Waals surface area contributed by atoms with Crippen LogP contribution in [0, 0.1) is 0 Å². The molecule has 0 saturated carbocycles. The average Bonchev–Trinajstić information content (AvgIpc) is 2.74. The van der Waals surface area contributed by atoms with E-state index >= 15 is 0 Å². The molecule has 0 aromatic rings. The first-order valence-corrected chi connectivity index (χ1v) is 5.94. The summed E-state index contributed by atoms with van der Waals surface area (Å²) < 4.78 is 43.2. The number of nitrogens with one attached hydrogen (secondary N) is 1. The summed E-state index contributed by atoms with van der Waals surface area (Å²) in [6.07, 6.45) is -1.69. The van der Waals surface area contributed by atoms with Crippen LogP contribution < -0.4 is 5.32 Å². The molecule has 0 aromatic heterocycles. The Morgan fingerprint density at radius 2 is 2.17 bits per heavy atom. The summed E-state index contributed by atoms with van der Waals surface area (Å²) in [6.45, 7) is 1.34. The van der Waals surface area contributed by atoms with Crippen LogP contribution in [0.25, 0.3) is 0 Å². The molecule has 2 N–H and O–H groups in total. The van der Waals surface area contributed by atoms with Crippen molar-refractivity contribution in [2.24, 2.45) is 0 Å². The molecule has 1 heterocycles. The lowest BCUT2D eigenvalue weighted by Gasteiger charge is -2.28. The van der Waals surface area contributed by atoms with Crippen molar-refractivity contribution in [1.29, 1.82) is 0 Å². The minimum atomic E-state index is -4.82. The van der Waals surface area contributed by atoms with Crippen molar-refractivity contribution in [2.45, 2.75) is 50.4 Å². The zero-order valence-corrected chi connectivity index (χ0v) is 10.2. The summed E-state index contributed by atoms with van der Waals surface area (Å²) >= 11 is 0. The highest BCUT2D eigenvalue weighted by atomic mass is 19.4. The quantitative estimate of drug-likeness (QED) is 0.723. The van der Waals surface area contributed by atoms with Gasteiger partial charge in [0.25, 0.3) is 0 Å². The lowest BCUT2D eigenvalue weighted by atomic mass is 10.0. The maximum absolute atomic E-state index is 12.6. The van der Waals surface area contributed by atoms with Gasteiger partial charge in [-0.05, 0) is 39.2 Å². The highest BCUT2D eigenvalue weighted by Crippen LogP contribution is 2.30. The van der Waals surface area contributed by atoms with E-state index in [4.69, 9.17) is 9.84 Å². The lowest BCUT2D eigenvalue weighted by Crippen LogP contribution is -2.60. The summed E-state index contributed by atoms with van der Waals surface area (Å²) in [6, 6.07) is 0. The fourth-order valence-corrected chi connectivity index (χ4v) is 1.84. The highest BCUT2D eigenvalue weighted by molar-refractivity contribution is 5.79. The summed E-state index contributed by atoms with van der Waals surface area (Å²) in [5.41, 5.74) is -2.89. The highest BCUT2D eigenvalue weighted by Gasteiger charge is 2.56. The van der Waals surface area contributed by atoms with Crippen LogP contribution >= 0.6 is 0 Å². The molecule has 106 valence electrons. The van der Waals surface area contributed by atoms with Gasteiger partial charge >= 0.3 is 12.1 Å². The second-order valence-corrected chi connectivity index (χ2v) is 4.63. The Hall–Kier alpha value is -0.820. The van der Waals surface area contributed by atoms with Crippen molar-refractivity contribution < 1.29 is 27.8 Å². The van der Waals surface area contributed by atoms with Gasteiger partial charge in [-0.25, -0.2) is 4.79 Å². The van der Waals surface area contributed by atoms with Crippen LogP contribution in [0.1, 0.15) is 32.6 Å². The third kappa shape index (κ3) is 3.58. The van der Waals surface area contributed by atoms with Gasteiger partial charge in [-0.2, -0.15) is 13.2 Å². The van der Waals surface area contributed by atoms with E-state index in [2.05, 4.69) is 5.32 Å². The average molecular weight is 269 g/mol. The number of hydrogen-bond donors (Lipinski definition) is 2. The first-order chi connectivity index (χ1) is 8.27. The normalized spacial score (nSPS) is 23.9. The second kappa shape index (κ2) is 5.88. The lowest BCUT2D eigenvalue weighted by molar-refractivity contribution is -0.205. The molecule has 7 heteroatoms. The maximum Gasteiger partial charge on any atom is 0.417 e. The number of rotatable bonds is 6. The molecule has 0 aliphatic carbocycles. The van der Waals surface area contributed by atoms with Crippen LogP contribution in [0.4, 0.5) is 13.2 Å². The fraction of sp³-hybridized carbons (Fsp3) is 0.909. The molecular weight excluding hydrogens is 251 g/mol. The molecule has 0 bridgehead atoms. The molecule has 1 rings (SSSR count). The third-order valence-corrected chi connectivity index (χ3v) is 3.20. The van der Waals surface area contributed by atoms with Gasteiger partial charge in [0.15, 0.2) is 0 Å². The van der Waals surface area contributed by atoms with E-state index in [9.17, 15) is 18.0 Å². The molecule has 4 nitrogen and oxygen atoms in total. The van der Waals surface area contributed by atoms with Gasteiger partial charge in [-0.3, -0.25) is 5.32 Å². The van der Waals surface area contributed by atoms with Gasteiger partial charge in [0.2, 0.25) is 5.54 Å². The molecule has 2 unspecified atom stereocenters. The van der Waals surface area contributed by atoms with Gasteiger partial charge in [0.05, 0.1) is 6.10 Å². The maximum atomic E-state index is 12.6. The number of carbonyl (C=O) groups is 1. The van der Waals surface area contributed by atoms with Crippen molar-refractivity contribution in [3.8, 4) is 0 Å². The third-order valence-electron chi connectivity index (χ3n) is 3.20. The number of ether oxygens (including phenoxy) is 1. The smallest absolute Gasteiger partial charge is 0.417 e. The predicted octanol–water partition coefficient (Wildman–Crippen LogP) is 1.94. The molecule has 0 spiro atoms. The van der Waals surface area contributed by atoms with Crippen LogP contribution in [0.5, 0.6) is 0 Å². The molecule has 1 fully saturated rings. The van der Waals surface area contributed by atoms with Crippen LogP contribution in [0.2, 0.25) is 0 Å². The van der Waals surface area contributed by atoms with Crippen molar-refractivity contribution in [2.75, 3.05) is 13.2 Å². The molecule has 18 heavy (non-hydrogen) atoms. The summed E-state index contributed by atoms with van der Waals surface area (Å²) in [4.78, 5) is 10.7. The predicted molar refractivity (Wildman–Crippen MR) is 58.3 cm³/mol. The van der Waals surface area contributed by atoms with Gasteiger partial charge in [-0.15, -0.1) is 0 Å². The van der Waals surface area contributed by atoms with Crippen molar-refractivity contribution in [3.05, 3.63) is 0 Å². The molecule has 0 radical (unpaired) electrons. The zero-order valence-electron chi connectivity index (χ0n) is 10.2. The van der Waals surface area contributed by atoms with Crippen molar-refractivity contribution in [1.82, 2.24) is 5.32 Å². The minimum Gasteiger partial charge on any atom is -0.480 e. The Kier molecular flexibility index (Phi) is 4.98. The first kappa shape index (κ1) is 15.2. The summed E-state index contributed by atoms with van der Waals surface area (Å²) in [5.74, 6) is -1.91. The van der Waals surface area contributed by atoms with Gasteiger partial charge in [0.1, 0.15) is 0 Å². The topological polar surface area (TPSA) is 58.6 Å². The molecular formula is C11H18F3NO3. The molecule has 2 atom stereocenters. The van der Waals surface area contributed by atoms with Crippen molar-refractivity contribution in [3.63, 3.8) is 0 Å². The van der Waals surface area contributed by atoms with Crippen LogP contribution in [0.15, 0.2) is 0 Å². The Labute approximate surface area is 103 Å². The number of alkyl halides is 3. The molecule has 0 amide bonds. The monoisotopic (exact) mass is 269 g/mol. The number of halogens is 3. The fourth-order valence-electron chi connectivity index (χ4n) is 1.84. The first-order valence-electron chi connectivity index (χ1n) is 5.94. The molecule has 1 aliphatic rings. The Morgan fingerprint density at radius 1 is 1.50 bits per heavy atom. The van der Waals surface area contributed by atoms with Gasteiger partial charge in [0, 0.05) is 6.61 Å². The van der Waals surface area contributed by atoms with Gasteiger partial charge in [-0.1, -0.05) is 0 Å². The Morgan fingerprint density at radius 3 is 2.61 bits per heavy atom. The SMILES string of the molecule is CC(NCCCC1CCCO1)(C(=O)O)C(F)(F)F. The second-order valence-electron chi connectivity index (χ2n) is 4.63. The van der Waals surface area contributed by atoms with E-state index < -0.39 is 17.7 Å². The van der Waals surface area contributed by atoms with E-state index in [0.717, 1.165) is 12.8 Å². The summed E-state index contributed by atoms with van der Waals surface area (Å²) in [7, 11) is 0. The summed E-state index contributed by atoms with van der Waals surface area (Å²) in [5, 5.41) is 10.8. The Balaban J connectivity index is 2.36. The molecule has 1 saturated heterocycles.